The van der Waals surface area contributed by atoms with Gasteiger partial charge in [-0.05, 0) is 20.8 Å². The van der Waals surface area contributed by atoms with Crippen LogP contribution in [0.25, 0.3) is 0 Å². The monoisotopic (exact) mass is 283 g/mol. The Labute approximate surface area is 120 Å². The molecule has 0 aliphatic heterocycles. The summed E-state index contributed by atoms with van der Waals surface area (Å²) in [6.07, 6.45) is 0. The summed E-state index contributed by atoms with van der Waals surface area (Å²) in [5.74, 6) is 0. The Bertz CT molecular complexity index is 419. The molecule has 0 radical (unpaired) electrons. The molecule has 19 heavy (non-hydrogen) atoms. The molecule has 0 aliphatic rings. The molecule has 1 N–H and O–H groups in total. The molecule has 0 saturated heterocycles. The van der Waals surface area contributed by atoms with Crippen LogP contribution in [0.2, 0.25) is 0 Å². The van der Waals surface area contributed by atoms with E-state index in [4.69, 9.17) is 0 Å². The Morgan fingerprint density at radius 1 is 1.42 bits per heavy atom. The van der Waals surface area contributed by atoms with Crippen molar-refractivity contribution in [2.24, 2.45) is 0 Å². The van der Waals surface area contributed by atoms with Crippen LogP contribution in [0.5, 0.6) is 0 Å². The van der Waals surface area contributed by atoms with Crippen LogP contribution in [0.1, 0.15) is 58.3 Å². The first-order valence-corrected chi connectivity index (χ1v) is 7.68. The fourth-order valence-electron chi connectivity index (χ4n) is 1.68. The number of hydrogen-bond donors (Lipinski definition) is 1. The van der Waals surface area contributed by atoms with Gasteiger partial charge in [-0.1, -0.05) is 20.8 Å². The number of urea groups is 1. The van der Waals surface area contributed by atoms with Gasteiger partial charge in [0.1, 0.15) is 5.01 Å². The zero-order chi connectivity index (χ0) is 14.6. The van der Waals surface area contributed by atoms with Crippen molar-refractivity contribution in [3.05, 3.63) is 16.1 Å². The fraction of sp³-hybridized carbons (Fsp3) is 0.714. The Balaban J connectivity index is 2.71. The summed E-state index contributed by atoms with van der Waals surface area (Å²) < 4.78 is 0. The first-order valence-electron chi connectivity index (χ1n) is 6.80. The first kappa shape index (κ1) is 16.0. The first-order chi connectivity index (χ1) is 8.79. The highest BCUT2D eigenvalue weighted by molar-refractivity contribution is 7.09. The molecular formula is C14H25N3OS. The Kier molecular flexibility index (Phi) is 5.35. The van der Waals surface area contributed by atoms with Crippen LogP contribution in [0.4, 0.5) is 4.79 Å². The zero-order valence-corrected chi connectivity index (χ0v) is 13.6. The van der Waals surface area contributed by atoms with Crippen LogP contribution < -0.4 is 5.32 Å². The predicted molar refractivity (Wildman–Crippen MR) is 80.7 cm³/mol. The Morgan fingerprint density at radius 3 is 2.42 bits per heavy atom. The van der Waals surface area contributed by atoms with Crippen molar-refractivity contribution < 1.29 is 4.79 Å². The lowest BCUT2D eigenvalue weighted by molar-refractivity contribution is 0.200. The third-order valence-electron chi connectivity index (χ3n) is 3.05. The number of hydrogen-bond acceptors (Lipinski definition) is 3. The molecule has 1 atom stereocenters. The molecule has 4 nitrogen and oxygen atoms in total. The standard InChI is InChI=1S/C14H25N3OS/c1-7-17(8-2)13(18)15-10(3)12-16-11(9-19-12)14(4,5)6/h9-10H,7-8H2,1-6H3,(H,15,18)/t10-/m0/s1. The predicted octanol–water partition coefficient (Wildman–Crippen LogP) is 3.55. The molecule has 0 saturated carbocycles. The number of carbonyl (C=O) groups excluding carboxylic acids is 1. The topological polar surface area (TPSA) is 45.2 Å². The van der Waals surface area contributed by atoms with Gasteiger partial charge in [-0.25, -0.2) is 9.78 Å². The number of carbonyl (C=O) groups is 1. The van der Waals surface area contributed by atoms with E-state index in [0.717, 1.165) is 23.8 Å². The lowest BCUT2D eigenvalue weighted by Crippen LogP contribution is -2.40. The molecule has 2 amide bonds. The van der Waals surface area contributed by atoms with E-state index in [2.05, 4.69) is 36.5 Å². The molecule has 1 heterocycles. The number of nitrogens with one attached hydrogen (secondary N) is 1. The summed E-state index contributed by atoms with van der Waals surface area (Å²) in [5, 5.41) is 6.04. The summed E-state index contributed by atoms with van der Waals surface area (Å²) in [6.45, 7) is 13.8. The van der Waals surface area contributed by atoms with Crippen LogP contribution in [0.3, 0.4) is 0 Å². The second-order valence-corrected chi connectivity index (χ2v) is 6.55. The van der Waals surface area contributed by atoms with E-state index in [0.29, 0.717) is 0 Å². The Morgan fingerprint density at radius 2 is 2.00 bits per heavy atom. The quantitative estimate of drug-likeness (QED) is 0.918. The van der Waals surface area contributed by atoms with Gasteiger partial charge in [-0.2, -0.15) is 0 Å². The summed E-state index contributed by atoms with van der Waals surface area (Å²) >= 11 is 1.61. The van der Waals surface area contributed by atoms with E-state index in [1.807, 2.05) is 20.8 Å². The normalized spacial score (nSPS) is 13.2. The molecule has 1 aromatic heterocycles. The van der Waals surface area contributed by atoms with Crippen molar-refractivity contribution in [1.82, 2.24) is 15.2 Å². The van der Waals surface area contributed by atoms with Crippen molar-refractivity contribution in [3.63, 3.8) is 0 Å². The van der Waals surface area contributed by atoms with Gasteiger partial charge >= 0.3 is 6.03 Å². The smallest absolute Gasteiger partial charge is 0.317 e. The summed E-state index contributed by atoms with van der Waals surface area (Å²) in [6, 6.07) is -0.0702. The number of aromatic nitrogens is 1. The van der Waals surface area contributed by atoms with E-state index in [-0.39, 0.29) is 17.5 Å². The van der Waals surface area contributed by atoms with Crippen molar-refractivity contribution in [2.45, 2.75) is 53.0 Å². The highest BCUT2D eigenvalue weighted by atomic mass is 32.1. The molecule has 0 unspecified atom stereocenters. The lowest BCUT2D eigenvalue weighted by atomic mass is 9.93. The molecule has 0 bridgehead atoms. The lowest BCUT2D eigenvalue weighted by Gasteiger charge is -2.21. The van der Waals surface area contributed by atoms with E-state index >= 15 is 0 Å². The van der Waals surface area contributed by atoms with E-state index in [1.165, 1.54) is 0 Å². The van der Waals surface area contributed by atoms with Gasteiger partial charge in [-0.15, -0.1) is 11.3 Å². The second-order valence-electron chi connectivity index (χ2n) is 5.66. The molecular weight excluding hydrogens is 258 g/mol. The molecule has 1 rings (SSSR count). The minimum atomic E-state index is -0.0470. The van der Waals surface area contributed by atoms with Crippen molar-refractivity contribution >= 4 is 17.4 Å². The number of thiazole rings is 1. The van der Waals surface area contributed by atoms with Crippen molar-refractivity contribution in [1.29, 1.82) is 0 Å². The average Bonchev–Trinajstić information content (AvgIpc) is 2.79. The number of rotatable bonds is 4. The van der Waals surface area contributed by atoms with E-state index in [9.17, 15) is 4.79 Å². The van der Waals surface area contributed by atoms with Gasteiger partial charge in [0.25, 0.3) is 0 Å². The molecule has 0 fully saturated rings. The Hall–Kier alpha value is -1.10. The van der Waals surface area contributed by atoms with Gasteiger partial charge < -0.3 is 10.2 Å². The average molecular weight is 283 g/mol. The zero-order valence-electron chi connectivity index (χ0n) is 12.8. The summed E-state index contributed by atoms with van der Waals surface area (Å²) in [5.41, 5.74) is 1.13. The van der Waals surface area contributed by atoms with Gasteiger partial charge in [0.05, 0.1) is 11.7 Å². The maximum absolute atomic E-state index is 12.0. The van der Waals surface area contributed by atoms with Gasteiger partial charge in [0, 0.05) is 23.9 Å². The molecule has 0 aromatic carbocycles. The summed E-state index contributed by atoms with van der Waals surface area (Å²) in [4.78, 5) is 18.4. The second kappa shape index (κ2) is 6.37. The van der Waals surface area contributed by atoms with Crippen molar-refractivity contribution in [3.8, 4) is 0 Å². The summed E-state index contributed by atoms with van der Waals surface area (Å²) in [7, 11) is 0. The van der Waals surface area contributed by atoms with Crippen molar-refractivity contribution in [2.75, 3.05) is 13.1 Å². The fourth-order valence-corrected chi connectivity index (χ4v) is 2.73. The maximum atomic E-state index is 12.0. The van der Waals surface area contributed by atoms with Gasteiger partial charge in [0.2, 0.25) is 0 Å². The molecule has 0 spiro atoms. The SMILES string of the molecule is CCN(CC)C(=O)N[C@@H](C)c1nc(C(C)(C)C)cs1. The van der Waals surface area contributed by atoms with Crippen LogP contribution in [0, 0.1) is 0 Å². The molecule has 0 aliphatic carbocycles. The molecule has 108 valence electrons. The van der Waals surface area contributed by atoms with Gasteiger partial charge in [-0.3, -0.25) is 0 Å². The van der Waals surface area contributed by atoms with Crippen LogP contribution >= 0.6 is 11.3 Å². The third kappa shape index (κ3) is 4.20. The highest BCUT2D eigenvalue weighted by Crippen LogP contribution is 2.26. The number of nitrogens with zero attached hydrogens (tertiary/aromatic N) is 2. The van der Waals surface area contributed by atoms with E-state index < -0.39 is 0 Å². The molecule has 1 aromatic rings. The minimum Gasteiger partial charge on any atom is -0.329 e. The van der Waals surface area contributed by atoms with Crippen LogP contribution in [-0.2, 0) is 5.41 Å². The van der Waals surface area contributed by atoms with Crippen LogP contribution in [-0.4, -0.2) is 29.0 Å². The third-order valence-corrected chi connectivity index (χ3v) is 4.08. The number of amides is 2. The maximum Gasteiger partial charge on any atom is 0.317 e. The van der Waals surface area contributed by atoms with Crippen LogP contribution in [0.15, 0.2) is 5.38 Å². The largest absolute Gasteiger partial charge is 0.329 e. The highest BCUT2D eigenvalue weighted by Gasteiger charge is 2.21. The minimum absolute atomic E-state index is 0.0231. The van der Waals surface area contributed by atoms with Gasteiger partial charge in [0.15, 0.2) is 0 Å². The van der Waals surface area contributed by atoms with E-state index in [1.54, 1.807) is 16.2 Å². The molecule has 5 heteroatoms.